The van der Waals surface area contributed by atoms with Gasteiger partial charge in [0.05, 0.1) is 34.7 Å². The summed E-state index contributed by atoms with van der Waals surface area (Å²) in [5.41, 5.74) is 1.47. The quantitative estimate of drug-likeness (QED) is 0.176. The van der Waals surface area contributed by atoms with E-state index in [2.05, 4.69) is 23.8 Å². The Labute approximate surface area is 224 Å². The molecule has 4 aromatic rings. The molecule has 38 heavy (non-hydrogen) atoms. The zero-order valence-corrected chi connectivity index (χ0v) is 22.1. The molecule has 2 aromatic heterocycles. The molecule has 0 saturated carbocycles. The molecule has 3 heterocycles. The normalized spacial score (nSPS) is 16.9. The largest absolute Gasteiger partial charge is 0.507 e. The third-order valence-corrected chi connectivity index (χ3v) is 7.01. The molecule has 1 unspecified atom stereocenters. The first-order valence-electron chi connectivity index (χ1n) is 12.4. The highest BCUT2D eigenvalue weighted by molar-refractivity contribution is 7.22. The second kappa shape index (κ2) is 10.6. The Bertz CT molecular complexity index is 1510. The number of carbonyl (C=O) groups is 2. The molecule has 9 heteroatoms. The summed E-state index contributed by atoms with van der Waals surface area (Å²) in [5.74, 6) is -0.143. The second-order valence-corrected chi connectivity index (χ2v) is 10.2. The Hall–Kier alpha value is -4.24. The summed E-state index contributed by atoms with van der Waals surface area (Å²) >= 11 is 1.27. The van der Waals surface area contributed by atoms with Gasteiger partial charge in [0.25, 0.3) is 5.78 Å². The van der Waals surface area contributed by atoms with Gasteiger partial charge in [-0.15, -0.1) is 0 Å². The van der Waals surface area contributed by atoms with Gasteiger partial charge >= 0.3 is 5.91 Å². The number of aliphatic hydroxyl groups excluding tert-OH is 1. The van der Waals surface area contributed by atoms with E-state index in [4.69, 9.17) is 9.47 Å². The van der Waals surface area contributed by atoms with Crippen LogP contribution in [0, 0.1) is 5.92 Å². The molecular weight excluding hydrogens is 502 g/mol. The maximum atomic E-state index is 13.4. The van der Waals surface area contributed by atoms with Crippen LogP contribution in [-0.4, -0.2) is 40.0 Å². The lowest BCUT2D eigenvalue weighted by molar-refractivity contribution is -0.132. The molecule has 1 atom stereocenters. The predicted molar refractivity (Wildman–Crippen MR) is 147 cm³/mol. The number of anilines is 1. The number of aliphatic hydroxyl groups is 1. The number of fused-ring (bicyclic) bond motifs is 1. The average Bonchev–Trinajstić information content (AvgIpc) is 3.45. The summed E-state index contributed by atoms with van der Waals surface area (Å²) in [6.45, 7) is 7.10. The highest BCUT2D eigenvalue weighted by atomic mass is 32.1. The van der Waals surface area contributed by atoms with E-state index in [1.54, 1.807) is 48.7 Å². The minimum absolute atomic E-state index is 0.0428. The molecule has 1 aliphatic heterocycles. The lowest BCUT2D eigenvalue weighted by atomic mass is 9.98. The highest BCUT2D eigenvalue weighted by Crippen LogP contribution is 2.44. The number of ketones is 1. The number of amides is 1. The zero-order valence-electron chi connectivity index (χ0n) is 21.2. The number of nitrogens with zero attached hydrogens (tertiary/aromatic N) is 3. The molecule has 0 spiro atoms. The molecule has 1 amide bonds. The first-order valence-corrected chi connectivity index (χ1v) is 13.2. The Kier molecular flexibility index (Phi) is 7.11. The van der Waals surface area contributed by atoms with Gasteiger partial charge in [0.2, 0.25) is 0 Å². The van der Waals surface area contributed by atoms with E-state index >= 15 is 0 Å². The lowest BCUT2D eigenvalue weighted by Gasteiger charge is -2.22. The van der Waals surface area contributed by atoms with Crippen LogP contribution in [0.3, 0.4) is 0 Å². The van der Waals surface area contributed by atoms with E-state index in [0.29, 0.717) is 52.5 Å². The summed E-state index contributed by atoms with van der Waals surface area (Å²) in [4.78, 5) is 37.2. The van der Waals surface area contributed by atoms with Gasteiger partial charge in [0.15, 0.2) is 5.13 Å². The van der Waals surface area contributed by atoms with Crippen LogP contribution in [0.5, 0.6) is 11.5 Å². The number of carbonyl (C=O) groups excluding carboxylic acids is 2. The number of Topliss-reactive ketones (excluding diaryl/α,β-unsaturated/α-hetero) is 1. The molecule has 2 aromatic carbocycles. The van der Waals surface area contributed by atoms with Crippen LogP contribution in [0.2, 0.25) is 0 Å². The number of ether oxygens (including phenoxy) is 2. The van der Waals surface area contributed by atoms with E-state index in [1.165, 1.54) is 16.2 Å². The van der Waals surface area contributed by atoms with Crippen molar-refractivity contribution >= 4 is 44.1 Å². The van der Waals surface area contributed by atoms with E-state index in [-0.39, 0.29) is 11.3 Å². The predicted octanol–water partition coefficient (Wildman–Crippen LogP) is 5.75. The topological polar surface area (TPSA) is 102 Å². The molecule has 0 bridgehead atoms. The van der Waals surface area contributed by atoms with Crippen molar-refractivity contribution in [1.82, 2.24) is 9.97 Å². The van der Waals surface area contributed by atoms with Gasteiger partial charge in [0.1, 0.15) is 23.3 Å². The monoisotopic (exact) mass is 529 g/mol. The molecule has 1 aliphatic rings. The number of hydrogen-bond donors (Lipinski definition) is 1. The second-order valence-electron chi connectivity index (χ2n) is 9.21. The molecule has 8 nitrogen and oxygen atoms in total. The fourth-order valence-electron chi connectivity index (χ4n) is 4.23. The molecule has 1 fully saturated rings. The van der Waals surface area contributed by atoms with Gasteiger partial charge in [-0.25, -0.2) is 4.98 Å². The summed E-state index contributed by atoms with van der Waals surface area (Å²) < 4.78 is 12.1. The van der Waals surface area contributed by atoms with Crippen molar-refractivity contribution in [2.75, 3.05) is 18.1 Å². The number of benzene rings is 2. The Morgan fingerprint density at radius 3 is 2.50 bits per heavy atom. The van der Waals surface area contributed by atoms with Gasteiger partial charge in [-0.05, 0) is 67.4 Å². The number of hydrogen-bond acceptors (Lipinski definition) is 8. The summed E-state index contributed by atoms with van der Waals surface area (Å²) in [5, 5.41) is 11.7. The third kappa shape index (κ3) is 4.84. The average molecular weight is 530 g/mol. The maximum Gasteiger partial charge on any atom is 0.301 e. The van der Waals surface area contributed by atoms with Crippen LogP contribution in [-0.2, 0) is 9.59 Å². The van der Waals surface area contributed by atoms with Crippen LogP contribution < -0.4 is 14.4 Å². The first kappa shape index (κ1) is 25.4. The van der Waals surface area contributed by atoms with Gasteiger partial charge in [-0.2, -0.15) is 0 Å². The van der Waals surface area contributed by atoms with Crippen molar-refractivity contribution in [3.05, 3.63) is 83.7 Å². The highest BCUT2D eigenvalue weighted by Gasteiger charge is 2.48. The van der Waals surface area contributed by atoms with Crippen molar-refractivity contribution in [1.29, 1.82) is 0 Å². The van der Waals surface area contributed by atoms with E-state index in [1.807, 2.05) is 25.1 Å². The van der Waals surface area contributed by atoms with E-state index in [9.17, 15) is 14.7 Å². The van der Waals surface area contributed by atoms with Crippen molar-refractivity contribution in [2.45, 2.75) is 26.8 Å². The van der Waals surface area contributed by atoms with Crippen LogP contribution in [0.25, 0.3) is 16.0 Å². The molecule has 0 aliphatic carbocycles. The number of rotatable bonds is 8. The summed E-state index contributed by atoms with van der Waals surface area (Å²) in [7, 11) is 0. The van der Waals surface area contributed by atoms with Crippen molar-refractivity contribution in [3.8, 4) is 11.5 Å². The van der Waals surface area contributed by atoms with E-state index in [0.717, 1.165) is 4.70 Å². The number of thiazole rings is 1. The van der Waals surface area contributed by atoms with Crippen LogP contribution in [0.4, 0.5) is 5.13 Å². The summed E-state index contributed by atoms with van der Waals surface area (Å²) in [6.07, 6.45) is 1.59. The molecule has 5 rings (SSSR count). The minimum Gasteiger partial charge on any atom is -0.507 e. The molecule has 1 saturated heterocycles. The standard InChI is InChI=1S/C29H27N3O5S/c1-4-36-20-12-13-21-23(15-20)38-29(31-21)32-25(22-7-5-6-14-30-22)24(27(34)28(32)35)26(33)18-8-10-19(11-9-18)37-16-17(2)3/h5-15,17,25,33H,4,16H2,1-3H3/b26-24+. The summed E-state index contributed by atoms with van der Waals surface area (Å²) in [6, 6.07) is 16.6. The van der Waals surface area contributed by atoms with Gasteiger partial charge in [-0.1, -0.05) is 31.3 Å². The van der Waals surface area contributed by atoms with Crippen molar-refractivity contribution < 1.29 is 24.2 Å². The Balaban J connectivity index is 1.59. The third-order valence-electron chi connectivity index (χ3n) is 5.99. The fraction of sp³-hybridized carbons (Fsp3) is 0.241. The fourth-order valence-corrected chi connectivity index (χ4v) is 5.25. The molecule has 0 radical (unpaired) electrons. The van der Waals surface area contributed by atoms with Gasteiger partial charge in [-0.3, -0.25) is 19.5 Å². The van der Waals surface area contributed by atoms with Gasteiger partial charge < -0.3 is 14.6 Å². The Morgan fingerprint density at radius 1 is 1.05 bits per heavy atom. The maximum absolute atomic E-state index is 13.4. The van der Waals surface area contributed by atoms with Crippen LogP contribution >= 0.6 is 11.3 Å². The van der Waals surface area contributed by atoms with E-state index < -0.39 is 17.7 Å². The van der Waals surface area contributed by atoms with Crippen molar-refractivity contribution in [3.63, 3.8) is 0 Å². The molecular formula is C29H27N3O5S. The lowest BCUT2D eigenvalue weighted by Crippen LogP contribution is -2.29. The van der Waals surface area contributed by atoms with Gasteiger partial charge in [0, 0.05) is 11.8 Å². The van der Waals surface area contributed by atoms with Crippen LogP contribution in [0.1, 0.15) is 38.1 Å². The SMILES string of the molecule is CCOc1ccc2nc(N3C(=O)C(=O)/C(=C(/O)c4ccc(OCC(C)C)cc4)C3c3ccccn3)sc2c1. The molecule has 194 valence electrons. The van der Waals surface area contributed by atoms with Crippen molar-refractivity contribution in [2.24, 2.45) is 5.92 Å². The minimum atomic E-state index is -0.944. The Morgan fingerprint density at radius 2 is 1.82 bits per heavy atom. The zero-order chi connectivity index (χ0) is 26.8. The number of pyridine rings is 1. The first-order chi connectivity index (χ1) is 18.4. The van der Waals surface area contributed by atoms with Crippen LogP contribution in [0.15, 0.2) is 72.4 Å². The molecule has 1 N–H and O–H groups in total. The number of aromatic nitrogens is 2. The smallest absolute Gasteiger partial charge is 0.301 e.